The van der Waals surface area contributed by atoms with Crippen LogP contribution in [0.3, 0.4) is 0 Å². The van der Waals surface area contributed by atoms with Gasteiger partial charge in [0.15, 0.2) is 0 Å². The smallest absolute Gasteiger partial charge is 0.272 e. The fraction of sp³-hybridized carbons (Fsp3) is 0.450. The van der Waals surface area contributed by atoms with Crippen molar-refractivity contribution in [2.24, 2.45) is 12.5 Å². The number of nitrogens with one attached hydrogen (secondary N) is 1. The van der Waals surface area contributed by atoms with Gasteiger partial charge in [-0.3, -0.25) is 14.6 Å². The highest BCUT2D eigenvalue weighted by Crippen LogP contribution is 2.49. The van der Waals surface area contributed by atoms with Gasteiger partial charge in [-0.25, -0.2) is 0 Å². The summed E-state index contributed by atoms with van der Waals surface area (Å²) in [6.07, 6.45) is 9.39. The van der Waals surface area contributed by atoms with Gasteiger partial charge in [0.05, 0.1) is 5.56 Å². The van der Waals surface area contributed by atoms with Gasteiger partial charge in [0.1, 0.15) is 5.69 Å². The lowest BCUT2D eigenvalue weighted by Gasteiger charge is -2.54. The molecule has 1 spiro atoms. The topological polar surface area (TPSA) is 67.2 Å². The summed E-state index contributed by atoms with van der Waals surface area (Å²) in [5.74, 6) is 0.00584. The fourth-order valence-electron chi connectivity index (χ4n) is 4.21. The molecule has 2 aromatic rings. The number of aromatic nitrogens is 2. The van der Waals surface area contributed by atoms with Gasteiger partial charge >= 0.3 is 0 Å². The van der Waals surface area contributed by atoms with Crippen LogP contribution < -0.4 is 5.32 Å². The third-order valence-corrected chi connectivity index (χ3v) is 6.00. The second kappa shape index (κ2) is 6.59. The van der Waals surface area contributed by atoms with E-state index in [1.165, 1.54) is 0 Å². The minimum absolute atomic E-state index is 0.00154. The van der Waals surface area contributed by atoms with Crippen molar-refractivity contribution < 1.29 is 9.59 Å². The van der Waals surface area contributed by atoms with Crippen molar-refractivity contribution in [3.05, 3.63) is 54.1 Å². The van der Waals surface area contributed by atoms with Crippen molar-refractivity contribution in [1.29, 1.82) is 0 Å². The third kappa shape index (κ3) is 3.00. The van der Waals surface area contributed by atoms with E-state index in [4.69, 9.17) is 0 Å². The number of amides is 2. The summed E-state index contributed by atoms with van der Waals surface area (Å²) in [6.45, 7) is 1.46. The lowest BCUT2D eigenvalue weighted by atomic mass is 9.59. The van der Waals surface area contributed by atoms with E-state index < -0.39 is 0 Å². The molecule has 0 aromatic carbocycles. The molecule has 2 amide bonds. The minimum Gasteiger partial charge on any atom is -0.356 e. The van der Waals surface area contributed by atoms with Crippen molar-refractivity contribution in [2.75, 3.05) is 13.1 Å². The van der Waals surface area contributed by atoms with E-state index in [-0.39, 0.29) is 23.3 Å². The Labute approximate surface area is 153 Å². The zero-order valence-corrected chi connectivity index (χ0v) is 15.0. The highest BCUT2D eigenvalue weighted by molar-refractivity contribution is 5.94. The molecule has 1 saturated carbocycles. The van der Waals surface area contributed by atoms with Gasteiger partial charge in [-0.2, -0.15) is 0 Å². The molecule has 6 heteroatoms. The number of nitrogens with zero attached hydrogens (tertiary/aromatic N) is 3. The van der Waals surface area contributed by atoms with E-state index >= 15 is 0 Å². The van der Waals surface area contributed by atoms with Crippen LogP contribution in [0.2, 0.25) is 0 Å². The predicted octanol–water partition coefficient (Wildman–Crippen LogP) is 2.23. The van der Waals surface area contributed by atoms with Gasteiger partial charge in [-0.05, 0) is 49.3 Å². The van der Waals surface area contributed by atoms with Gasteiger partial charge in [0, 0.05) is 44.8 Å². The Bertz CT molecular complexity index is 806. The molecule has 1 atom stereocenters. The second-order valence-electron chi connectivity index (χ2n) is 7.50. The maximum atomic E-state index is 12.6. The zero-order chi connectivity index (χ0) is 18.1. The molecule has 1 aliphatic carbocycles. The Morgan fingerprint density at radius 3 is 2.58 bits per heavy atom. The molecule has 0 radical (unpaired) electrons. The SMILES string of the molecule is Cn1ccc(C(=O)N[C@H]2CCC23CCN(C(=O)c2ccccn2)CC3)c1. The molecule has 1 saturated heterocycles. The summed E-state index contributed by atoms with van der Waals surface area (Å²) < 4.78 is 1.88. The van der Waals surface area contributed by atoms with Gasteiger partial charge in [-0.15, -0.1) is 0 Å². The summed E-state index contributed by atoms with van der Waals surface area (Å²) in [6, 6.07) is 7.47. The molecular weight excluding hydrogens is 328 g/mol. The predicted molar refractivity (Wildman–Crippen MR) is 97.7 cm³/mol. The van der Waals surface area contributed by atoms with Crippen LogP contribution in [0.25, 0.3) is 0 Å². The monoisotopic (exact) mass is 352 g/mol. The standard InChI is InChI=1S/C20H24N4O2/c1-23-11-6-15(14-23)18(25)22-17-5-7-20(17)8-12-24(13-9-20)19(26)16-4-2-3-10-21-16/h2-4,6,10-11,14,17H,5,7-9,12-13H2,1H3,(H,22,25)/t17-/m0/s1. The normalized spacial score (nSPS) is 21.3. The first-order valence-electron chi connectivity index (χ1n) is 9.21. The van der Waals surface area contributed by atoms with Crippen LogP contribution in [-0.2, 0) is 7.05 Å². The quantitative estimate of drug-likeness (QED) is 0.921. The number of likely N-dealkylation sites (tertiary alicyclic amines) is 1. The van der Waals surface area contributed by atoms with Crippen LogP contribution in [0.15, 0.2) is 42.9 Å². The molecule has 2 aromatic heterocycles. The van der Waals surface area contributed by atoms with Crippen LogP contribution in [0.5, 0.6) is 0 Å². The van der Waals surface area contributed by atoms with Gasteiger partial charge in [0.25, 0.3) is 11.8 Å². The molecular formula is C20H24N4O2. The first-order chi connectivity index (χ1) is 12.6. The summed E-state index contributed by atoms with van der Waals surface area (Å²) in [4.78, 5) is 31.1. The van der Waals surface area contributed by atoms with Gasteiger partial charge < -0.3 is 14.8 Å². The first kappa shape index (κ1) is 16.8. The Hall–Kier alpha value is -2.63. The zero-order valence-electron chi connectivity index (χ0n) is 15.0. The van der Waals surface area contributed by atoms with Crippen LogP contribution in [0, 0.1) is 5.41 Å². The molecule has 136 valence electrons. The summed E-state index contributed by atoms with van der Waals surface area (Å²) in [7, 11) is 1.91. The number of hydrogen-bond donors (Lipinski definition) is 1. The lowest BCUT2D eigenvalue weighted by molar-refractivity contribution is -0.00248. The molecule has 1 aliphatic heterocycles. The van der Waals surface area contributed by atoms with Crippen molar-refractivity contribution in [3.8, 4) is 0 Å². The highest BCUT2D eigenvalue weighted by Gasteiger charge is 2.49. The molecule has 4 rings (SSSR count). The van der Waals surface area contributed by atoms with Crippen LogP contribution in [0.1, 0.15) is 46.5 Å². The molecule has 0 unspecified atom stereocenters. The van der Waals surface area contributed by atoms with E-state index in [0.717, 1.165) is 38.8 Å². The number of piperidine rings is 1. The Balaban J connectivity index is 1.36. The molecule has 6 nitrogen and oxygen atoms in total. The first-order valence-corrected chi connectivity index (χ1v) is 9.21. The van der Waals surface area contributed by atoms with E-state index in [1.807, 2.05) is 47.1 Å². The van der Waals surface area contributed by atoms with Crippen molar-refractivity contribution in [3.63, 3.8) is 0 Å². The van der Waals surface area contributed by atoms with E-state index in [0.29, 0.717) is 11.3 Å². The summed E-state index contributed by atoms with van der Waals surface area (Å²) in [5.41, 5.74) is 1.36. The molecule has 1 N–H and O–H groups in total. The number of hydrogen-bond acceptors (Lipinski definition) is 3. The number of carbonyl (C=O) groups is 2. The fourth-order valence-corrected chi connectivity index (χ4v) is 4.21. The Morgan fingerprint density at radius 1 is 1.19 bits per heavy atom. The average Bonchev–Trinajstić information content (AvgIpc) is 3.12. The van der Waals surface area contributed by atoms with E-state index in [2.05, 4.69) is 10.3 Å². The van der Waals surface area contributed by atoms with Crippen LogP contribution in [-0.4, -0.2) is 45.4 Å². The van der Waals surface area contributed by atoms with Crippen molar-refractivity contribution in [2.45, 2.75) is 31.7 Å². The molecule has 26 heavy (non-hydrogen) atoms. The third-order valence-electron chi connectivity index (χ3n) is 6.00. The lowest BCUT2D eigenvalue weighted by Crippen LogP contribution is -2.59. The van der Waals surface area contributed by atoms with Crippen molar-refractivity contribution in [1.82, 2.24) is 19.8 Å². The Morgan fingerprint density at radius 2 is 2.00 bits per heavy atom. The number of pyridine rings is 1. The molecule has 2 aliphatic rings. The summed E-state index contributed by atoms with van der Waals surface area (Å²) in [5, 5.41) is 3.21. The largest absolute Gasteiger partial charge is 0.356 e. The average molecular weight is 352 g/mol. The van der Waals surface area contributed by atoms with E-state index in [9.17, 15) is 9.59 Å². The van der Waals surface area contributed by atoms with Crippen LogP contribution in [0.4, 0.5) is 0 Å². The second-order valence-corrected chi connectivity index (χ2v) is 7.50. The van der Waals surface area contributed by atoms with E-state index in [1.54, 1.807) is 12.3 Å². The Kier molecular flexibility index (Phi) is 4.26. The molecule has 0 bridgehead atoms. The van der Waals surface area contributed by atoms with Gasteiger partial charge in [-0.1, -0.05) is 6.07 Å². The van der Waals surface area contributed by atoms with Gasteiger partial charge in [0.2, 0.25) is 0 Å². The van der Waals surface area contributed by atoms with Crippen molar-refractivity contribution >= 4 is 11.8 Å². The van der Waals surface area contributed by atoms with Crippen LogP contribution >= 0.6 is 0 Å². The number of rotatable bonds is 3. The minimum atomic E-state index is 0.00154. The maximum absolute atomic E-state index is 12.6. The molecule has 2 fully saturated rings. The summed E-state index contributed by atoms with van der Waals surface area (Å²) >= 11 is 0. The number of aryl methyl sites for hydroxylation is 1. The molecule has 3 heterocycles. The number of carbonyl (C=O) groups excluding carboxylic acids is 2. The highest BCUT2D eigenvalue weighted by atomic mass is 16.2. The maximum Gasteiger partial charge on any atom is 0.272 e.